The smallest absolute Gasteiger partial charge is 0.160 e. The summed E-state index contributed by atoms with van der Waals surface area (Å²) in [5.41, 5.74) is 1.35. The monoisotopic (exact) mass is 365 g/mol. The van der Waals surface area contributed by atoms with Gasteiger partial charge in [0.2, 0.25) is 0 Å². The summed E-state index contributed by atoms with van der Waals surface area (Å²) in [7, 11) is -3.05. The van der Waals surface area contributed by atoms with Gasteiger partial charge in [-0.05, 0) is 28.9 Å². The summed E-state index contributed by atoms with van der Waals surface area (Å²) in [6, 6.07) is 1.84. The van der Waals surface area contributed by atoms with Gasteiger partial charge in [-0.25, -0.2) is 18.4 Å². The van der Waals surface area contributed by atoms with Crippen molar-refractivity contribution in [1.29, 1.82) is 0 Å². The highest BCUT2D eigenvalue weighted by molar-refractivity contribution is 9.10. The first kappa shape index (κ1) is 14.7. The molecule has 19 heavy (non-hydrogen) atoms. The minimum Gasteiger partial charge on any atom is -0.310 e. The normalized spacial score (nSPS) is 13.9. The number of pyridine rings is 1. The van der Waals surface area contributed by atoms with Gasteiger partial charge in [0.1, 0.15) is 21.2 Å². The molecule has 0 amide bonds. The van der Waals surface area contributed by atoms with Crippen molar-refractivity contribution in [2.45, 2.75) is 18.8 Å². The van der Waals surface area contributed by atoms with E-state index in [4.69, 9.17) is 11.6 Å². The maximum absolute atomic E-state index is 11.3. The second-order valence-electron chi connectivity index (χ2n) is 4.36. The zero-order valence-electron chi connectivity index (χ0n) is 10.5. The minimum absolute atomic E-state index is 0.0345. The van der Waals surface area contributed by atoms with E-state index in [1.807, 2.05) is 6.07 Å². The number of aromatic nitrogens is 3. The van der Waals surface area contributed by atoms with E-state index in [1.54, 1.807) is 17.7 Å². The van der Waals surface area contributed by atoms with Gasteiger partial charge in [0.15, 0.2) is 5.65 Å². The van der Waals surface area contributed by atoms with Crippen molar-refractivity contribution < 1.29 is 8.42 Å². The molecule has 0 spiro atoms. The van der Waals surface area contributed by atoms with Gasteiger partial charge in [-0.2, -0.15) is 0 Å². The lowest BCUT2D eigenvalue weighted by atomic mass is 10.4. The number of aryl methyl sites for hydroxylation is 1. The number of fused-ring (bicyclic) bond motifs is 1. The van der Waals surface area contributed by atoms with Gasteiger partial charge in [-0.15, -0.1) is 11.6 Å². The van der Waals surface area contributed by atoms with Crippen molar-refractivity contribution >= 4 is 48.5 Å². The molecule has 2 aromatic heterocycles. The molecule has 8 heteroatoms. The third-order valence-electron chi connectivity index (χ3n) is 2.62. The van der Waals surface area contributed by atoms with Crippen molar-refractivity contribution in [1.82, 2.24) is 14.5 Å². The van der Waals surface area contributed by atoms with Crippen LogP contribution in [0.3, 0.4) is 0 Å². The number of rotatable bonds is 4. The van der Waals surface area contributed by atoms with Crippen LogP contribution in [-0.2, 0) is 16.4 Å². The third-order valence-corrected chi connectivity index (χ3v) is 4.18. The molecule has 104 valence electrons. The lowest BCUT2D eigenvalue weighted by Crippen LogP contribution is -2.14. The SMILES string of the molecule is CC(Cl)c1nc2cc(Br)cnc2n1CCS(C)(=O)=O. The van der Waals surface area contributed by atoms with E-state index in [0.717, 1.165) is 4.47 Å². The number of alkyl halides is 1. The summed E-state index contributed by atoms with van der Waals surface area (Å²) in [5, 5.41) is -0.312. The Hall–Kier alpha value is -0.660. The molecule has 2 aromatic rings. The van der Waals surface area contributed by atoms with Crippen LogP contribution in [0.15, 0.2) is 16.7 Å². The van der Waals surface area contributed by atoms with Crippen LogP contribution in [-0.4, -0.2) is 35.0 Å². The predicted molar refractivity (Wildman–Crippen MR) is 79.2 cm³/mol. The van der Waals surface area contributed by atoms with E-state index in [0.29, 0.717) is 23.5 Å². The van der Waals surface area contributed by atoms with Gasteiger partial charge in [-0.3, -0.25) is 0 Å². The summed E-state index contributed by atoms with van der Waals surface area (Å²) in [6.07, 6.45) is 2.86. The second-order valence-corrected chi connectivity index (χ2v) is 8.19. The van der Waals surface area contributed by atoms with Gasteiger partial charge in [-0.1, -0.05) is 0 Å². The average molecular weight is 367 g/mol. The van der Waals surface area contributed by atoms with Crippen LogP contribution >= 0.6 is 27.5 Å². The standard InChI is InChI=1S/C11H13BrClN3O2S/c1-7(13)10-15-9-5-8(12)6-14-11(9)16(10)3-4-19(2,17)18/h5-7H,3-4H2,1-2H3. The Morgan fingerprint density at radius 2 is 2.21 bits per heavy atom. The topological polar surface area (TPSA) is 64.8 Å². The Bertz CT molecular complexity index is 712. The molecule has 0 bridgehead atoms. The highest BCUT2D eigenvalue weighted by Crippen LogP contribution is 2.25. The molecule has 2 heterocycles. The first-order valence-corrected chi connectivity index (χ1v) is 8.90. The molecular formula is C11H13BrClN3O2S. The molecule has 1 unspecified atom stereocenters. The number of hydrogen-bond donors (Lipinski definition) is 0. The number of imidazole rings is 1. The molecule has 0 N–H and O–H groups in total. The van der Waals surface area contributed by atoms with Crippen LogP contribution < -0.4 is 0 Å². The van der Waals surface area contributed by atoms with Crippen molar-refractivity contribution in [2.75, 3.05) is 12.0 Å². The minimum atomic E-state index is -3.05. The summed E-state index contributed by atoms with van der Waals surface area (Å²) >= 11 is 9.43. The van der Waals surface area contributed by atoms with Gasteiger partial charge < -0.3 is 4.57 Å². The average Bonchev–Trinajstić information content (AvgIpc) is 2.63. The van der Waals surface area contributed by atoms with Crippen LogP contribution in [0.4, 0.5) is 0 Å². The van der Waals surface area contributed by atoms with Crippen molar-refractivity contribution in [3.05, 3.63) is 22.6 Å². The van der Waals surface area contributed by atoms with E-state index in [9.17, 15) is 8.42 Å². The lowest BCUT2D eigenvalue weighted by molar-refractivity contribution is 0.593. The number of halogens is 2. The van der Waals surface area contributed by atoms with Crippen molar-refractivity contribution in [3.8, 4) is 0 Å². The fourth-order valence-corrected chi connectivity index (χ4v) is 2.79. The van der Waals surface area contributed by atoms with Crippen LogP contribution in [0.2, 0.25) is 0 Å². The molecule has 2 rings (SSSR count). The van der Waals surface area contributed by atoms with E-state index >= 15 is 0 Å². The van der Waals surface area contributed by atoms with Crippen LogP contribution in [0.5, 0.6) is 0 Å². The Kier molecular flexibility index (Phi) is 4.17. The van der Waals surface area contributed by atoms with E-state index < -0.39 is 9.84 Å². The molecule has 0 saturated carbocycles. The molecule has 0 saturated heterocycles. The number of sulfone groups is 1. The summed E-state index contributed by atoms with van der Waals surface area (Å²) in [5.74, 6) is 0.665. The summed E-state index contributed by atoms with van der Waals surface area (Å²) in [4.78, 5) is 8.70. The molecule has 0 aliphatic heterocycles. The fraction of sp³-hybridized carbons (Fsp3) is 0.455. The Labute approximate surface area is 125 Å². The third kappa shape index (κ3) is 3.46. The van der Waals surface area contributed by atoms with E-state index in [2.05, 4.69) is 25.9 Å². The number of hydrogen-bond acceptors (Lipinski definition) is 4. The maximum Gasteiger partial charge on any atom is 0.160 e. The molecule has 0 radical (unpaired) electrons. The van der Waals surface area contributed by atoms with Crippen LogP contribution in [0.1, 0.15) is 18.1 Å². The van der Waals surface area contributed by atoms with E-state index in [1.165, 1.54) is 6.26 Å². The van der Waals surface area contributed by atoms with Crippen molar-refractivity contribution in [2.24, 2.45) is 0 Å². The fourth-order valence-electron chi connectivity index (χ4n) is 1.79. The number of nitrogens with zero attached hydrogens (tertiary/aromatic N) is 3. The Morgan fingerprint density at radius 3 is 2.79 bits per heavy atom. The first-order chi connectivity index (χ1) is 8.78. The van der Waals surface area contributed by atoms with Gasteiger partial charge in [0.25, 0.3) is 0 Å². The Balaban J connectivity index is 2.52. The molecular weight excluding hydrogens is 354 g/mol. The molecule has 0 aliphatic carbocycles. The quantitative estimate of drug-likeness (QED) is 0.780. The molecule has 0 aliphatic rings. The molecule has 1 atom stereocenters. The lowest BCUT2D eigenvalue weighted by Gasteiger charge is -2.08. The van der Waals surface area contributed by atoms with Gasteiger partial charge in [0.05, 0.1) is 11.1 Å². The predicted octanol–water partition coefficient (Wildman–Crippen LogP) is 2.54. The zero-order chi connectivity index (χ0) is 14.2. The van der Waals surface area contributed by atoms with E-state index in [-0.39, 0.29) is 11.1 Å². The molecule has 5 nitrogen and oxygen atoms in total. The first-order valence-electron chi connectivity index (χ1n) is 5.61. The molecule has 0 fully saturated rings. The van der Waals surface area contributed by atoms with Gasteiger partial charge in [0, 0.05) is 23.5 Å². The second kappa shape index (κ2) is 5.38. The summed E-state index contributed by atoms with van der Waals surface area (Å²) in [6.45, 7) is 2.10. The van der Waals surface area contributed by atoms with Crippen LogP contribution in [0, 0.1) is 0 Å². The zero-order valence-corrected chi connectivity index (χ0v) is 13.6. The highest BCUT2D eigenvalue weighted by atomic mass is 79.9. The highest BCUT2D eigenvalue weighted by Gasteiger charge is 2.17. The molecule has 0 aromatic carbocycles. The summed E-state index contributed by atoms with van der Waals surface area (Å²) < 4.78 is 25.2. The van der Waals surface area contributed by atoms with Gasteiger partial charge >= 0.3 is 0 Å². The maximum atomic E-state index is 11.3. The Morgan fingerprint density at radius 1 is 1.53 bits per heavy atom. The van der Waals surface area contributed by atoms with Crippen LogP contribution in [0.25, 0.3) is 11.2 Å². The largest absolute Gasteiger partial charge is 0.310 e. The van der Waals surface area contributed by atoms with Crippen molar-refractivity contribution in [3.63, 3.8) is 0 Å².